The van der Waals surface area contributed by atoms with E-state index in [1.807, 2.05) is 21.1 Å². The van der Waals surface area contributed by atoms with Gasteiger partial charge in [-0.1, -0.05) is 77.4 Å². The first-order valence-corrected chi connectivity index (χ1v) is 16.4. The number of rotatable bonds is 26. The third kappa shape index (κ3) is 26.7. The molecule has 0 aromatic carbocycles. The highest BCUT2D eigenvalue weighted by atomic mass is 31.2. The van der Waals surface area contributed by atoms with Gasteiger partial charge in [0, 0.05) is 12.8 Å². The Bertz CT molecular complexity index is 708. The van der Waals surface area contributed by atoms with Gasteiger partial charge in [-0.3, -0.25) is 18.6 Å². The third-order valence-corrected chi connectivity index (χ3v) is 7.01. The number of quaternary nitrogens is 1. The molecule has 230 valence electrons. The fourth-order valence-corrected chi connectivity index (χ4v) is 4.34. The van der Waals surface area contributed by atoms with Crippen LogP contribution in [0, 0.1) is 0 Å². The van der Waals surface area contributed by atoms with Gasteiger partial charge < -0.3 is 18.9 Å². The average molecular weight is 579 g/mol. The van der Waals surface area contributed by atoms with E-state index in [4.69, 9.17) is 18.5 Å². The average Bonchev–Trinajstić information content (AvgIpc) is 2.85. The van der Waals surface area contributed by atoms with Gasteiger partial charge in [0.05, 0.1) is 27.7 Å². The summed E-state index contributed by atoms with van der Waals surface area (Å²) in [6.45, 7) is 4.20. The lowest BCUT2D eigenvalue weighted by Gasteiger charge is -2.24. The predicted octanol–water partition coefficient (Wildman–Crippen LogP) is 6.73. The lowest BCUT2D eigenvalue weighted by atomic mass is 10.1. The molecule has 0 aliphatic heterocycles. The molecule has 0 aromatic heterocycles. The summed E-state index contributed by atoms with van der Waals surface area (Å²) in [5.41, 5.74) is 0. The zero-order valence-electron chi connectivity index (χ0n) is 25.4. The predicted molar refractivity (Wildman–Crippen MR) is 155 cm³/mol. The Morgan fingerprint density at radius 2 is 1.36 bits per heavy atom. The third-order valence-electron chi connectivity index (χ3n) is 6.03. The molecular weight excluding hydrogens is 521 g/mol. The van der Waals surface area contributed by atoms with Crippen LogP contribution in [0.5, 0.6) is 0 Å². The first-order valence-electron chi connectivity index (χ1n) is 14.9. The van der Waals surface area contributed by atoms with Crippen molar-refractivity contribution in [1.82, 2.24) is 0 Å². The van der Waals surface area contributed by atoms with Crippen LogP contribution in [-0.2, 0) is 32.7 Å². The maximum absolute atomic E-state index is 12.3. The van der Waals surface area contributed by atoms with Crippen molar-refractivity contribution in [2.75, 3.05) is 47.5 Å². The van der Waals surface area contributed by atoms with Gasteiger partial charge in [0.25, 0.3) is 0 Å². The molecule has 0 aliphatic carbocycles. The smallest absolute Gasteiger partial charge is 0.462 e. The number of allylic oxidation sites excluding steroid dienone is 2. The van der Waals surface area contributed by atoms with Crippen molar-refractivity contribution in [2.24, 2.45) is 0 Å². The molecule has 0 radical (unpaired) electrons. The van der Waals surface area contributed by atoms with Gasteiger partial charge in [0.2, 0.25) is 0 Å². The molecule has 0 amide bonds. The summed E-state index contributed by atoms with van der Waals surface area (Å²) in [5, 5.41) is 0. The maximum Gasteiger partial charge on any atom is 0.472 e. The molecule has 0 saturated heterocycles. The molecule has 0 aliphatic rings. The van der Waals surface area contributed by atoms with E-state index in [2.05, 4.69) is 26.0 Å². The molecule has 2 atom stereocenters. The maximum atomic E-state index is 12.3. The molecule has 9 nitrogen and oxygen atoms in total. The second kappa shape index (κ2) is 23.5. The molecule has 1 N–H and O–H groups in total. The van der Waals surface area contributed by atoms with Crippen LogP contribution in [0.3, 0.4) is 0 Å². The van der Waals surface area contributed by atoms with Crippen molar-refractivity contribution in [3.05, 3.63) is 12.2 Å². The van der Waals surface area contributed by atoms with Crippen LogP contribution >= 0.6 is 7.82 Å². The lowest BCUT2D eigenvalue weighted by Crippen LogP contribution is -2.37. The number of hydrogen-bond donors (Lipinski definition) is 1. The Hall–Kier alpha value is -1.25. The first kappa shape index (κ1) is 37.8. The minimum absolute atomic E-state index is 0.0318. The number of esters is 2. The molecule has 0 bridgehead atoms. The van der Waals surface area contributed by atoms with E-state index in [-0.39, 0.29) is 32.0 Å². The molecular formula is C29H57NO8P+. The first-order chi connectivity index (χ1) is 18.5. The second-order valence-electron chi connectivity index (χ2n) is 11.1. The largest absolute Gasteiger partial charge is 0.472 e. The van der Waals surface area contributed by atoms with Crippen molar-refractivity contribution >= 4 is 19.8 Å². The van der Waals surface area contributed by atoms with Crippen molar-refractivity contribution in [2.45, 2.75) is 116 Å². The van der Waals surface area contributed by atoms with Gasteiger partial charge in [0.15, 0.2) is 6.10 Å². The van der Waals surface area contributed by atoms with Crippen molar-refractivity contribution in [3.8, 4) is 0 Å². The summed E-state index contributed by atoms with van der Waals surface area (Å²) in [7, 11) is 1.47. The standard InChI is InChI=1S/C29H56NO8P/c1-6-8-10-12-13-14-15-16-18-19-21-28(31)35-25-27(38-29(32)22-20-17-11-9-7-2)26-37-39(33,34)36-24-23-30(3,4)5/h10,12,27H,6-9,11,13-26H2,1-5H3/p+1/b12-10+/t27-/m1/s1. The lowest BCUT2D eigenvalue weighted by molar-refractivity contribution is -0.870. The Morgan fingerprint density at radius 1 is 0.769 bits per heavy atom. The number of phosphoric ester groups is 1. The van der Waals surface area contributed by atoms with Crippen LogP contribution in [-0.4, -0.2) is 74.9 Å². The van der Waals surface area contributed by atoms with Gasteiger partial charge in [-0.25, -0.2) is 4.57 Å². The van der Waals surface area contributed by atoms with Crippen molar-refractivity contribution < 1.29 is 42.1 Å². The Labute approximate surface area is 237 Å². The zero-order valence-corrected chi connectivity index (χ0v) is 26.3. The van der Waals surface area contributed by atoms with Crippen LogP contribution < -0.4 is 0 Å². The van der Waals surface area contributed by atoms with Crippen LogP contribution in [0.2, 0.25) is 0 Å². The minimum atomic E-state index is -4.34. The van der Waals surface area contributed by atoms with Crippen molar-refractivity contribution in [3.63, 3.8) is 0 Å². The van der Waals surface area contributed by atoms with Gasteiger partial charge in [-0.2, -0.15) is 0 Å². The molecule has 0 heterocycles. The molecule has 0 rings (SSSR count). The highest BCUT2D eigenvalue weighted by molar-refractivity contribution is 7.47. The fraction of sp³-hybridized carbons (Fsp3) is 0.862. The molecule has 1 unspecified atom stereocenters. The van der Waals surface area contributed by atoms with Gasteiger partial charge in [-0.15, -0.1) is 0 Å². The van der Waals surface area contributed by atoms with E-state index in [0.29, 0.717) is 17.4 Å². The molecule has 0 fully saturated rings. The molecule has 0 spiro atoms. The monoisotopic (exact) mass is 578 g/mol. The van der Waals surface area contributed by atoms with Crippen LogP contribution in [0.4, 0.5) is 0 Å². The fourth-order valence-electron chi connectivity index (χ4n) is 3.60. The summed E-state index contributed by atoms with van der Waals surface area (Å²) >= 11 is 0. The topological polar surface area (TPSA) is 108 Å². The minimum Gasteiger partial charge on any atom is -0.462 e. The van der Waals surface area contributed by atoms with Gasteiger partial charge in [0.1, 0.15) is 19.8 Å². The van der Waals surface area contributed by atoms with E-state index in [9.17, 15) is 19.0 Å². The highest BCUT2D eigenvalue weighted by Gasteiger charge is 2.27. The number of nitrogens with zero attached hydrogens (tertiary/aromatic N) is 1. The van der Waals surface area contributed by atoms with Crippen LogP contribution in [0.15, 0.2) is 12.2 Å². The molecule has 0 aromatic rings. The number of phosphoric acid groups is 1. The summed E-state index contributed by atoms with van der Waals surface area (Å²) < 4.78 is 33.7. The number of carbonyl (C=O) groups is 2. The van der Waals surface area contributed by atoms with Crippen LogP contribution in [0.25, 0.3) is 0 Å². The van der Waals surface area contributed by atoms with Crippen molar-refractivity contribution in [1.29, 1.82) is 0 Å². The summed E-state index contributed by atoms with van der Waals surface area (Å²) in [4.78, 5) is 34.6. The SMILES string of the molecule is CCC/C=C/CCCCCCCC(=O)OC[C@H](COP(=O)(O)OCC[N+](C)(C)C)OC(=O)CCCCCCC. The summed E-state index contributed by atoms with van der Waals surface area (Å²) in [6, 6.07) is 0. The molecule has 39 heavy (non-hydrogen) atoms. The number of carbonyl (C=O) groups excluding carboxylic acids is 2. The molecule has 0 saturated carbocycles. The highest BCUT2D eigenvalue weighted by Crippen LogP contribution is 2.43. The van der Waals surface area contributed by atoms with E-state index in [1.54, 1.807) is 0 Å². The summed E-state index contributed by atoms with van der Waals surface area (Å²) in [6.07, 6.45) is 17.4. The van der Waals surface area contributed by atoms with Crippen LogP contribution in [0.1, 0.15) is 110 Å². The van der Waals surface area contributed by atoms with Gasteiger partial charge >= 0.3 is 19.8 Å². The molecule has 10 heteroatoms. The second-order valence-corrected chi connectivity index (χ2v) is 12.6. The number of ether oxygens (including phenoxy) is 2. The van der Waals surface area contributed by atoms with E-state index in [0.717, 1.165) is 70.6 Å². The Balaban J connectivity index is 4.51. The van der Waals surface area contributed by atoms with E-state index in [1.165, 1.54) is 6.42 Å². The van der Waals surface area contributed by atoms with E-state index < -0.39 is 26.5 Å². The summed E-state index contributed by atoms with van der Waals surface area (Å²) in [5.74, 6) is -0.830. The number of unbranched alkanes of at least 4 members (excludes halogenated alkanes) is 10. The Kier molecular flexibility index (Phi) is 22.7. The quantitative estimate of drug-likeness (QED) is 0.0396. The normalized spacial score (nSPS) is 14.3. The van der Waals surface area contributed by atoms with Gasteiger partial charge in [-0.05, 0) is 32.1 Å². The Morgan fingerprint density at radius 3 is 2.00 bits per heavy atom. The van der Waals surface area contributed by atoms with E-state index >= 15 is 0 Å². The number of hydrogen-bond acceptors (Lipinski definition) is 7. The zero-order chi connectivity index (χ0) is 29.4. The number of likely N-dealkylation sites (N-methyl/N-ethyl adjacent to an activating group) is 1.